The average molecular weight is 264 g/mol. The number of methoxy groups -OCH3 is 1. The summed E-state index contributed by atoms with van der Waals surface area (Å²) in [6.45, 7) is 2.20. The van der Waals surface area contributed by atoms with Crippen molar-refractivity contribution in [3.63, 3.8) is 0 Å². The van der Waals surface area contributed by atoms with Crippen LogP contribution >= 0.6 is 0 Å². The van der Waals surface area contributed by atoms with E-state index in [9.17, 15) is 10.1 Å². The van der Waals surface area contributed by atoms with Gasteiger partial charge >= 0.3 is 0 Å². The Morgan fingerprint density at radius 2 is 2.26 bits per heavy atom. The van der Waals surface area contributed by atoms with Crippen LogP contribution in [0.15, 0.2) is 18.2 Å². The molecule has 2 atom stereocenters. The fourth-order valence-corrected chi connectivity index (χ4v) is 2.71. The molecule has 0 aromatic heterocycles. The Labute approximate surface area is 113 Å². The second-order valence-electron chi connectivity index (χ2n) is 5.07. The van der Waals surface area contributed by atoms with E-state index in [4.69, 9.17) is 4.74 Å². The number of rotatable bonds is 5. The lowest BCUT2D eigenvalue weighted by molar-refractivity contribution is -0.384. The van der Waals surface area contributed by atoms with Crippen LogP contribution in [0.1, 0.15) is 32.6 Å². The highest BCUT2D eigenvalue weighted by molar-refractivity contribution is 5.64. The fraction of sp³-hybridized carbons (Fsp3) is 0.571. The second-order valence-corrected chi connectivity index (χ2v) is 5.07. The molecule has 104 valence electrons. The molecule has 1 saturated carbocycles. The zero-order valence-corrected chi connectivity index (χ0v) is 11.4. The molecule has 1 aromatic rings. The van der Waals surface area contributed by atoms with E-state index in [0.717, 1.165) is 18.8 Å². The van der Waals surface area contributed by atoms with E-state index >= 15 is 0 Å². The largest absolute Gasteiger partial charge is 0.496 e. The molecule has 5 nitrogen and oxygen atoms in total. The van der Waals surface area contributed by atoms with Crippen molar-refractivity contribution >= 4 is 11.4 Å². The minimum atomic E-state index is -0.364. The van der Waals surface area contributed by atoms with Crippen LogP contribution in [0.3, 0.4) is 0 Å². The number of nitrogens with one attached hydrogen (secondary N) is 1. The molecule has 0 saturated heterocycles. The molecule has 1 aliphatic rings. The van der Waals surface area contributed by atoms with Gasteiger partial charge < -0.3 is 10.1 Å². The number of nitro benzene ring substituents is 1. The highest BCUT2D eigenvalue weighted by atomic mass is 16.6. The Morgan fingerprint density at radius 1 is 1.47 bits per heavy atom. The first-order valence-electron chi connectivity index (χ1n) is 6.73. The van der Waals surface area contributed by atoms with Crippen LogP contribution in [0.2, 0.25) is 0 Å². The monoisotopic (exact) mass is 264 g/mol. The number of ether oxygens (including phenoxy) is 1. The van der Waals surface area contributed by atoms with Gasteiger partial charge in [-0.2, -0.15) is 0 Å². The van der Waals surface area contributed by atoms with E-state index in [1.165, 1.54) is 26.0 Å². The quantitative estimate of drug-likeness (QED) is 0.652. The van der Waals surface area contributed by atoms with E-state index in [-0.39, 0.29) is 10.6 Å². The number of anilines is 1. The van der Waals surface area contributed by atoms with Gasteiger partial charge in [-0.15, -0.1) is 0 Å². The molecule has 1 fully saturated rings. The van der Waals surface area contributed by atoms with Crippen LogP contribution in [-0.4, -0.2) is 18.1 Å². The molecule has 0 amide bonds. The molecule has 0 radical (unpaired) electrons. The molecule has 0 heterocycles. The van der Waals surface area contributed by atoms with E-state index in [1.807, 2.05) is 0 Å². The van der Waals surface area contributed by atoms with Gasteiger partial charge in [-0.05, 0) is 37.3 Å². The van der Waals surface area contributed by atoms with Crippen LogP contribution in [-0.2, 0) is 0 Å². The zero-order valence-electron chi connectivity index (χ0n) is 11.4. The van der Waals surface area contributed by atoms with Gasteiger partial charge in [0.25, 0.3) is 5.69 Å². The van der Waals surface area contributed by atoms with Gasteiger partial charge in [0.1, 0.15) is 11.4 Å². The summed E-state index contributed by atoms with van der Waals surface area (Å²) in [5, 5.41) is 14.4. The molecule has 19 heavy (non-hydrogen) atoms. The second kappa shape index (κ2) is 5.91. The van der Waals surface area contributed by atoms with Crippen molar-refractivity contribution in [3.8, 4) is 5.75 Å². The Hall–Kier alpha value is -1.78. The van der Waals surface area contributed by atoms with Crippen molar-refractivity contribution in [2.75, 3.05) is 12.4 Å². The predicted octanol–water partition coefficient (Wildman–Crippen LogP) is 3.59. The van der Waals surface area contributed by atoms with Crippen molar-refractivity contribution in [1.82, 2.24) is 0 Å². The van der Waals surface area contributed by atoms with E-state index in [1.54, 1.807) is 12.1 Å². The molecular weight excluding hydrogens is 244 g/mol. The van der Waals surface area contributed by atoms with Gasteiger partial charge in [0.2, 0.25) is 0 Å². The minimum Gasteiger partial charge on any atom is -0.496 e. The maximum absolute atomic E-state index is 11.1. The van der Waals surface area contributed by atoms with Gasteiger partial charge in [-0.1, -0.05) is 13.3 Å². The van der Waals surface area contributed by atoms with Crippen LogP contribution in [0.5, 0.6) is 5.75 Å². The summed E-state index contributed by atoms with van der Waals surface area (Å²) in [6.07, 6.45) is 4.57. The van der Waals surface area contributed by atoms with E-state index in [2.05, 4.69) is 12.2 Å². The summed E-state index contributed by atoms with van der Waals surface area (Å²) in [7, 11) is 1.51. The first-order valence-corrected chi connectivity index (χ1v) is 6.73. The van der Waals surface area contributed by atoms with Gasteiger partial charge in [0, 0.05) is 6.04 Å². The topological polar surface area (TPSA) is 64.4 Å². The lowest BCUT2D eigenvalue weighted by Gasteiger charge is -2.15. The van der Waals surface area contributed by atoms with Crippen molar-refractivity contribution < 1.29 is 9.66 Å². The molecule has 1 N–H and O–H groups in total. The Balaban J connectivity index is 2.13. The van der Waals surface area contributed by atoms with E-state index < -0.39 is 0 Å². The minimum absolute atomic E-state index is 0.0827. The normalized spacial score (nSPS) is 22.2. The molecule has 0 aliphatic heterocycles. The SMILES string of the molecule is CCC1CCC(Nc2ccc(OC)cc2[N+](=O)[O-])C1. The lowest BCUT2D eigenvalue weighted by atomic mass is 10.1. The first-order chi connectivity index (χ1) is 9.13. The summed E-state index contributed by atoms with van der Waals surface area (Å²) < 4.78 is 5.03. The third kappa shape index (κ3) is 3.16. The maximum atomic E-state index is 11.1. The molecule has 0 bridgehead atoms. The van der Waals surface area contributed by atoms with Crippen molar-refractivity contribution in [2.24, 2.45) is 5.92 Å². The third-order valence-electron chi connectivity index (χ3n) is 3.88. The van der Waals surface area contributed by atoms with E-state index in [0.29, 0.717) is 17.5 Å². The summed E-state index contributed by atoms with van der Waals surface area (Å²) in [5.41, 5.74) is 0.673. The standard InChI is InChI=1S/C14H20N2O3/c1-3-10-4-5-11(8-10)15-13-7-6-12(19-2)9-14(13)16(17)18/h6-7,9-11,15H,3-5,8H2,1-2H3. The summed E-state index contributed by atoms with van der Waals surface area (Å²) in [4.78, 5) is 10.7. The first kappa shape index (κ1) is 13.6. The van der Waals surface area contributed by atoms with Crippen LogP contribution in [0.25, 0.3) is 0 Å². The smallest absolute Gasteiger partial charge is 0.296 e. The van der Waals surface area contributed by atoms with Crippen molar-refractivity contribution in [1.29, 1.82) is 0 Å². The van der Waals surface area contributed by atoms with Crippen LogP contribution in [0, 0.1) is 16.0 Å². The molecule has 0 spiro atoms. The third-order valence-corrected chi connectivity index (χ3v) is 3.88. The van der Waals surface area contributed by atoms with Gasteiger partial charge in [0.05, 0.1) is 18.1 Å². The Morgan fingerprint density at radius 3 is 2.84 bits per heavy atom. The molecular formula is C14H20N2O3. The number of hydrogen-bond acceptors (Lipinski definition) is 4. The zero-order chi connectivity index (χ0) is 13.8. The Bertz CT molecular complexity index is 462. The van der Waals surface area contributed by atoms with Gasteiger partial charge in [0.15, 0.2) is 0 Å². The molecule has 1 aromatic carbocycles. The van der Waals surface area contributed by atoms with Crippen LogP contribution < -0.4 is 10.1 Å². The molecule has 1 aliphatic carbocycles. The number of hydrogen-bond donors (Lipinski definition) is 1. The number of nitro groups is 1. The predicted molar refractivity (Wildman–Crippen MR) is 74.7 cm³/mol. The van der Waals surface area contributed by atoms with Crippen molar-refractivity contribution in [3.05, 3.63) is 28.3 Å². The Kier molecular flexibility index (Phi) is 4.24. The van der Waals surface area contributed by atoms with Crippen LogP contribution in [0.4, 0.5) is 11.4 Å². The molecule has 2 rings (SSSR count). The fourth-order valence-electron chi connectivity index (χ4n) is 2.71. The molecule has 2 unspecified atom stereocenters. The summed E-state index contributed by atoms with van der Waals surface area (Å²) in [6, 6.07) is 5.30. The highest BCUT2D eigenvalue weighted by Crippen LogP contribution is 2.34. The van der Waals surface area contributed by atoms with Gasteiger partial charge in [-0.3, -0.25) is 10.1 Å². The average Bonchev–Trinajstić information content (AvgIpc) is 2.86. The highest BCUT2D eigenvalue weighted by Gasteiger charge is 2.25. The lowest BCUT2D eigenvalue weighted by Crippen LogP contribution is -2.16. The number of benzene rings is 1. The number of nitrogens with zero attached hydrogens (tertiary/aromatic N) is 1. The summed E-state index contributed by atoms with van der Waals surface area (Å²) in [5.74, 6) is 1.25. The van der Waals surface area contributed by atoms with Crippen molar-refractivity contribution in [2.45, 2.75) is 38.6 Å². The summed E-state index contributed by atoms with van der Waals surface area (Å²) >= 11 is 0. The van der Waals surface area contributed by atoms with Gasteiger partial charge in [-0.25, -0.2) is 0 Å². The maximum Gasteiger partial charge on any atom is 0.296 e. The molecule has 5 heteroatoms.